The van der Waals surface area contributed by atoms with Crippen LogP contribution in [0.4, 0.5) is 4.39 Å². The molecule has 0 spiro atoms. The molecule has 1 heterocycles. The van der Waals surface area contributed by atoms with Gasteiger partial charge < -0.3 is 5.32 Å². The van der Waals surface area contributed by atoms with E-state index >= 15 is 0 Å². The Labute approximate surface area is 146 Å². The zero-order valence-corrected chi connectivity index (χ0v) is 14.5. The highest BCUT2D eigenvalue weighted by molar-refractivity contribution is 5.95. The highest BCUT2D eigenvalue weighted by Crippen LogP contribution is 2.18. The molecule has 0 saturated heterocycles. The summed E-state index contributed by atoms with van der Waals surface area (Å²) in [7, 11) is 0. The third kappa shape index (κ3) is 3.60. The fraction of sp³-hybridized carbons (Fsp3) is 0.200. The van der Waals surface area contributed by atoms with Crippen LogP contribution in [-0.2, 0) is 0 Å². The van der Waals surface area contributed by atoms with E-state index in [1.54, 1.807) is 23.0 Å². The Balaban J connectivity index is 1.80. The van der Waals surface area contributed by atoms with E-state index in [1.165, 1.54) is 12.1 Å². The number of benzene rings is 2. The van der Waals surface area contributed by atoms with Crippen molar-refractivity contribution in [2.75, 3.05) is 0 Å². The molecule has 1 N–H and O–H groups in total. The van der Waals surface area contributed by atoms with Gasteiger partial charge in [0, 0.05) is 0 Å². The Morgan fingerprint density at radius 1 is 1.16 bits per heavy atom. The van der Waals surface area contributed by atoms with E-state index in [2.05, 4.69) is 10.4 Å². The number of nitrogens with one attached hydrogen (secondary N) is 1. The van der Waals surface area contributed by atoms with Crippen molar-refractivity contribution in [3.05, 3.63) is 82.9 Å². The summed E-state index contributed by atoms with van der Waals surface area (Å²) in [6.07, 6.45) is 1.57. The lowest BCUT2D eigenvalue weighted by molar-refractivity contribution is 0.0939. The highest BCUT2D eigenvalue weighted by Gasteiger charge is 2.17. The quantitative estimate of drug-likeness (QED) is 0.778. The largest absolute Gasteiger partial charge is 0.345 e. The normalized spacial score (nSPS) is 12.0. The maximum Gasteiger partial charge on any atom is 0.255 e. The first-order chi connectivity index (χ1) is 12.0. The minimum absolute atomic E-state index is 0.201. The first kappa shape index (κ1) is 16.9. The lowest BCUT2D eigenvalue weighted by Gasteiger charge is -2.14. The van der Waals surface area contributed by atoms with Gasteiger partial charge in [-0.1, -0.05) is 24.3 Å². The maximum absolute atomic E-state index is 13.0. The van der Waals surface area contributed by atoms with Crippen molar-refractivity contribution in [2.24, 2.45) is 0 Å². The van der Waals surface area contributed by atoms with Gasteiger partial charge in [0.15, 0.2) is 0 Å². The molecule has 1 amide bonds. The molecular weight excluding hydrogens is 317 g/mol. The van der Waals surface area contributed by atoms with Crippen molar-refractivity contribution in [1.29, 1.82) is 0 Å². The molecule has 0 fully saturated rings. The highest BCUT2D eigenvalue weighted by atomic mass is 19.1. The molecule has 25 heavy (non-hydrogen) atoms. The summed E-state index contributed by atoms with van der Waals surface area (Å²) in [4.78, 5) is 12.6. The van der Waals surface area contributed by atoms with Crippen molar-refractivity contribution < 1.29 is 9.18 Å². The van der Waals surface area contributed by atoms with Crippen LogP contribution in [0.3, 0.4) is 0 Å². The minimum Gasteiger partial charge on any atom is -0.345 e. The lowest BCUT2D eigenvalue weighted by atomic mass is 10.1. The number of hydrogen-bond donors (Lipinski definition) is 1. The van der Waals surface area contributed by atoms with Crippen molar-refractivity contribution in [2.45, 2.75) is 26.8 Å². The van der Waals surface area contributed by atoms with E-state index in [4.69, 9.17) is 0 Å². The van der Waals surface area contributed by atoms with Crippen LogP contribution in [0.1, 0.15) is 40.1 Å². The van der Waals surface area contributed by atoms with Gasteiger partial charge in [-0.2, -0.15) is 5.10 Å². The summed E-state index contributed by atoms with van der Waals surface area (Å²) in [5, 5.41) is 7.28. The van der Waals surface area contributed by atoms with Crippen LogP contribution in [0, 0.1) is 19.7 Å². The summed E-state index contributed by atoms with van der Waals surface area (Å²) in [5.41, 5.74) is 4.19. The van der Waals surface area contributed by atoms with Crippen molar-refractivity contribution in [1.82, 2.24) is 15.1 Å². The summed E-state index contributed by atoms with van der Waals surface area (Å²) in [6.45, 7) is 5.75. The minimum atomic E-state index is -0.294. The number of nitrogens with zero attached hydrogens (tertiary/aromatic N) is 2. The molecule has 1 atom stereocenters. The van der Waals surface area contributed by atoms with Gasteiger partial charge >= 0.3 is 0 Å². The zero-order valence-electron chi connectivity index (χ0n) is 14.5. The van der Waals surface area contributed by atoms with E-state index in [0.717, 1.165) is 22.5 Å². The monoisotopic (exact) mass is 337 g/mol. The average Bonchev–Trinajstić information content (AvgIpc) is 2.97. The maximum atomic E-state index is 13.0. The Kier molecular flexibility index (Phi) is 4.65. The lowest BCUT2D eigenvalue weighted by Crippen LogP contribution is -2.27. The fourth-order valence-corrected chi connectivity index (χ4v) is 2.76. The van der Waals surface area contributed by atoms with E-state index in [9.17, 15) is 9.18 Å². The van der Waals surface area contributed by atoms with Gasteiger partial charge in [-0.3, -0.25) is 4.79 Å². The van der Waals surface area contributed by atoms with Crippen LogP contribution in [0.15, 0.2) is 54.7 Å². The molecule has 0 aliphatic heterocycles. The van der Waals surface area contributed by atoms with Crippen molar-refractivity contribution in [3.63, 3.8) is 0 Å². The molecule has 3 aromatic rings. The SMILES string of the molecule is Cc1cccc(-n2ncc(C(=O)N[C@H](C)c3ccc(F)cc3)c2C)c1. The molecule has 0 bridgehead atoms. The van der Waals surface area contributed by atoms with Crippen molar-refractivity contribution >= 4 is 5.91 Å². The Bertz CT molecular complexity index is 900. The number of halogens is 1. The van der Waals surface area contributed by atoms with E-state index < -0.39 is 0 Å². The summed E-state index contributed by atoms with van der Waals surface area (Å²) < 4.78 is 14.8. The molecule has 0 aliphatic carbocycles. The molecule has 128 valence electrons. The first-order valence-electron chi connectivity index (χ1n) is 8.13. The molecule has 0 aliphatic rings. The Morgan fingerprint density at radius 2 is 1.88 bits per heavy atom. The number of carbonyl (C=O) groups is 1. The standard InChI is InChI=1S/C20H20FN3O/c1-13-5-4-6-18(11-13)24-15(3)19(12-22-24)20(25)23-14(2)16-7-9-17(21)10-8-16/h4-12,14H,1-3H3,(H,23,25)/t14-/m1/s1. The molecule has 0 saturated carbocycles. The number of hydrogen-bond acceptors (Lipinski definition) is 2. The first-order valence-corrected chi connectivity index (χ1v) is 8.13. The van der Waals surface area contributed by atoms with Crippen molar-refractivity contribution in [3.8, 4) is 5.69 Å². The number of aryl methyl sites for hydroxylation is 1. The summed E-state index contributed by atoms with van der Waals surface area (Å²) >= 11 is 0. The topological polar surface area (TPSA) is 46.9 Å². The Morgan fingerprint density at radius 3 is 2.56 bits per heavy atom. The molecule has 4 nitrogen and oxygen atoms in total. The van der Waals surface area contributed by atoms with Gasteiger partial charge in [0.1, 0.15) is 5.82 Å². The fourth-order valence-electron chi connectivity index (χ4n) is 2.76. The van der Waals surface area contributed by atoms with Crippen LogP contribution >= 0.6 is 0 Å². The molecule has 2 aromatic carbocycles. The average molecular weight is 337 g/mol. The molecule has 3 rings (SSSR count). The summed E-state index contributed by atoms with van der Waals surface area (Å²) in [5.74, 6) is -0.495. The molecule has 0 radical (unpaired) electrons. The second kappa shape index (κ2) is 6.89. The molecule has 5 heteroatoms. The number of carbonyl (C=O) groups excluding carboxylic acids is 1. The van der Waals surface area contributed by atoms with E-state index in [1.807, 2.05) is 45.0 Å². The predicted octanol–water partition coefficient (Wildman–Crippen LogP) is 4.12. The second-order valence-corrected chi connectivity index (χ2v) is 6.14. The smallest absolute Gasteiger partial charge is 0.255 e. The van der Waals surface area contributed by atoms with E-state index in [-0.39, 0.29) is 17.8 Å². The number of amides is 1. The van der Waals surface area contributed by atoms with E-state index in [0.29, 0.717) is 5.56 Å². The van der Waals surface area contributed by atoms with Crippen LogP contribution in [0.2, 0.25) is 0 Å². The predicted molar refractivity (Wildman–Crippen MR) is 95.3 cm³/mol. The van der Waals surface area contributed by atoms with Gasteiger partial charge in [-0.15, -0.1) is 0 Å². The van der Waals surface area contributed by atoms with Gasteiger partial charge in [0.25, 0.3) is 5.91 Å². The molecular formula is C20H20FN3O. The van der Waals surface area contributed by atoms with Crippen LogP contribution < -0.4 is 5.32 Å². The molecule has 0 unspecified atom stereocenters. The van der Waals surface area contributed by atoms with Gasteiger partial charge in [-0.25, -0.2) is 9.07 Å². The van der Waals surface area contributed by atoms with Gasteiger partial charge in [-0.05, 0) is 56.2 Å². The van der Waals surface area contributed by atoms with Gasteiger partial charge in [0.2, 0.25) is 0 Å². The zero-order chi connectivity index (χ0) is 18.0. The third-order valence-corrected chi connectivity index (χ3v) is 4.22. The number of rotatable bonds is 4. The second-order valence-electron chi connectivity index (χ2n) is 6.14. The number of aromatic nitrogens is 2. The Hall–Kier alpha value is -2.95. The van der Waals surface area contributed by atoms with Gasteiger partial charge in [0.05, 0.1) is 29.2 Å². The summed E-state index contributed by atoms with van der Waals surface area (Å²) in [6, 6.07) is 13.8. The van der Waals surface area contributed by atoms with Crippen LogP contribution in [0.25, 0.3) is 5.69 Å². The van der Waals surface area contributed by atoms with Crippen LogP contribution in [0.5, 0.6) is 0 Å². The molecule has 1 aromatic heterocycles. The van der Waals surface area contributed by atoms with Crippen LogP contribution in [-0.4, -0.2) is 15.7 Å². The third-order valence-electron chi connectivity index (χ3n) is 4.22.